The molecule has 0 heterocycles. The van der Waals surface area contributed by atoms with Crippen LogP contribution >= 0.6 is 0 Å². The Hall–Kier alpha value is -2.62. The van der Waals surface area contributed by atoms with Crippen molar-refractivity contribution in [2.75, 3.05) is 0 Å². The summed E-state index contributed by atoms with van der Waals surface area (Å²) in [6.07, 6.45) is 0. The zero-order valence-electron chi connectivity index (χ0n) is 11.4. The fourth-order valence-corrected chi connectivity index (χ4v) is 1.63. The minimum Gasteiger partial charge on any atom is -0.857 e. The molecule has 0 atom stereocenters. The number of benzene rings is 2. The normalized spacial score (nSPS) is 11.2. The monoisotopic (exact) mass is 267 g/mol. The highest BCUT2D eigenvalue weighted by Crippen LogP contribution is 2.04. The van der Waals surface area contributed by atoms with E-state index in [2.05, 4.69) is 10.5 Å². The highest BCUT2D eigenvalue weighted by Gasteiger charge is 2.03. The van der Waals surface area contributed by atoms with Gasteiger partial charge in [-0.15, -0.1) is 0 Å². The number of amides is 1. The van der Waals surface area contributed by atoms with Crippen molar-refractivity contribution in [3.8, 4) is 0 Å². The van der Waals surface area contributed by atoms with E-state index < -0.39 is 11.8 Å². The summed E-state index contributed by atoms with van der Waals surface area (Å²) in [5.74, 6) is -0.865. The summed E-state index contributed by atoms with van der Waals surface area (Å²) in [6.45, 7) is 3.87. The highest BCUT2D eigenvalue weighted by molar-refractivity contribution is 5.96. The van der Waals surface area contributed by atoms with E-state index in [1.807, 2.05) is 38.1 Å². The van der Waals surface area contributed by atoms with Gasteiger partial charge in [0.15, 0.2) is 0 Å². The van der Waals surface area contributed by atoms with Gasteiger partial charge in [0.05, 0.1) is 0 Å². The summed E-state index contributed by atoms with van der Waals surface area (Å²) >= 11 is 0. The third-order valence-electron chi connectivity index (χ3n) is 2.87. The molecule has 20 heavy (non-hydrogen) atoms. The van der Waals surface area contributed by atoms with Crippen LogP contribution in [0, 0.1) is 13.8 Å². The molecule has 0 saturated heterocycles. The predicted molar refractivity (Wildman–Crippen MR) is 76.4 cm³/mol. The molecule has 0 aromatic heterocycles. The summed E-state index contributed by atoms with van der Waals surface area (Å²) < 4.78 is 0. The van der Waals surface area contributed by atoms with Crippen molar-refractivity contribution in [3.63, 3.8) is 0 Å². The molecular formula is C16H15N2O2-. The van der Waals surface area contributed by atoms with Crippen LogP contribution in [0.2, 0.25) is 0 Å². The zero-order chi connectivity index (χ0) is 14.5. The molecular weight excluding hydrogens is 252 g/mol. The van der Waals surface area contributed by atoms with Crippen molar-refractivity contribution in [2.45, 2.75) is 13.8 Å². The van der Waals surface area contributed by atoms with Crippen LogP contribution < -0.4 is 10.5 Å². The molecule has 0 saturated carbocycles. The topological polar surface area (TPSA) is 64.5 Å². The third-order valence-corrected chi connectivity index (χ3v) is 2.87. The molecule has 2 rings (SSSR count). The minimum atomic E-state index is -0.467. The van der Waals surface area contributed by atoms with Gasteiger partial charge in [-0.1, -0.05) is 47.5 Å². The Kier molecular flexibility index (Phi) is 4.15. The number of nitrogens with one attached hydrogen (secondary N) is 1. The first-order valence-electron chi connectivity index (χ1n) is 6.25. The van der Waals surface area contributed by atoms with Crippen LogP contribution in [0.3, 0.4) is 0 Å². The number of hydrazone groups is 1. The lowest BCUT2D eigenvalue weighted by atomic mass is 10.1. The summed E-state index contributed by atoms with van der Waals surface area (Å²) in [5.41, 5.74) is 5.31. The zero-order valence-corrected chi connectivity index (χ0v) is 11.4. The predicted octanol–water partition coefficient (Wildman–Crippen LogP) is 1.76. The molecule has 0 fully saturated rings. The molecule has 4 nitrogen and oxygen atoms in total. The average Bonchev–Trinajstić information content (AvgIpc) is 2.46. The molecule has 0 aliphatic carbocycles. The fourth-order valence-electron chi connectivity index (χ4n) is 1.63. The van der Waals surface area contributed by atoms with E-state index in [1.54, 1.807) is 24.3 Å². The fraction of sp³-hybridized carbons (Fsp3) is 0.125. The van der Waals surface area contributed by atoms with Gasteiger partial charge in [0.1, 0.15) is 0 Å². The number of hydrogen-bond donors (Lipinski definition) is 1. The SMILES string of the molecule is Cc1ccc(C(=O)NN=C([O-])c2ccc(C)cc2)cc1. The minimum absolute atomic E-state index is 0.398. The number of rotatable bonds is 3. The van der Waals surface area contributed by atoms with Gasteiger partial charge in [0.25, 0.3) is 5.91 Å². The average molecular weight is 267 g/mol. The van der Waals surface area contributed by atoms with Crippen molar-refractivity contribution in [1.82, 2.24) is 5.43 Å². The largest absolute Gasteiger partial charge is 0.857 e. The molecule has 102 valence electrons. The Bertz CT molecular complexity index is 629. The Balaban J connectivity index is 2.06. The molecule has 2 aromatic carbocycles. The second-order valence-corrected chi connectivity index (χ2v) is 4.59. The van der Waals surface area contributed by atoms with Crippen molar-refractivity contribution < 1.29 is 9.90 Å². The Labute approximate surface area is 117 Å². The number of aryl methyl sites for hydroxylation is 2. The summed E-state index contributed by atoms with van der Waals surface area (Å²) in [5, 5.41) is 15.3. The van der Waals surface area contributed by atoms with Crippen LogP contribution in [-0.2, 0) is 0 Å². The molecule has 2 aromatic rings. The quantitative estimate of drug-likeness (QED) is 0.523. The van der Waals surface area contributed by atoms with E-state index >= 15 is 0 Å². The maximum Gasteiger partial charge on any atom is 0.271 e. The van der Waals surface area contributed by atoms with Gasteiger partial charge < -0.3 is 5.11 Å². The molecule has 1 amide bonds. The van der Waals surface area contributed by atoms with Crippen LogP contribution in [0.5, 0.6) is 0 Å². The third kappa shape index (κ3) is 3.45. The molecule has 4 heteroatoms. The van der Waals surface area contributed by atoms with E-state index in [1.165, 1.54) is 0 Å². The second kappa shape index (κ2) is 6.02. The van der Waals surface area contributed by atoms with Crippen molar-refractivity contribution >= 4 is 11.8 Å². The van der Waals surface area contributed by atoms with Crippen LogP contribution in [-0.4, -0.2) is 11.8 Å². The smallest absolute Gasteiger partial charge is 0.271 e. The van der Waals surface area contributed by atoms with Crippen molar-refractivity contribution in [1.29, 1.82) is 0 Å². The second-order valence-electron chi connectivity index (χ2n) is 4.59. The lowest BCUT2D eigenvalue weighted by Gasteiger charge is -2.11. The van der Waals surface area contributed by atoms with Crippen LogP contribution in [0.4, 0.5) is 0 Å². The number of hydrogen-bond acceptors (Lipinski definition) is 3. The number of carbonyl (C=O) groups excluding carboxylic acids is 1. The highest BCUT2D eigenvalue weighted by atomic mass is 16.3. The van der Waals surface area contributed by atoms with Crippen LogP contribution in [0.25, 0.3) is 0 Å². The first-order chi connectivity index (χ1) is 9.56. The first-order valence-corrected chi connectivity index (χ1v) is 6.25. The molecule has 0 aliphatic heterocycles. The lowest BCUT2D eigenvalue weighted by molar-refractivity contribution is -0.213. The van der Waals surface area contributed by atoms with Gasteiger partial charge in [-0.25, -0.2) is 5.43 Å². The van der Waals surface area contributed by atoms with Crippen molar-refractivity contribution in [3.05, 3.63) is 70.8 Å². The van der Waals surface area contributed by atoms with Gasteiger partial charge in [-0.3, -0.25) is 4.79 Å². The van der Waals surface area contributed by atoms with Crippen LogP contribution in [0.15, 0.2) is 53.6 Å². The van der Waals surface area contributed by atoms with E-state index in [-0.39, 0.29) is 0 Å². The van der Waals surface area contributed by atoms with E-state index in [0.29, 0.717) is 11.1 Å². The molecule has 1 N–H and O–H groups in total. The van der Waals surface area contributed by atoms with Crippen molar-refractivity contribution in [2.24, 2.45) is 5.10 Å². The van der Waals surface area contributed by atoms with Crippen LogP contribution in [0.1, 0.15) is 27.0 Å². The van der Waals surface area contributed by atoms with E-state index in [9.17, 15) is 9.90 Å². The number of nitrogens with zero attached hydrogens (tertiary/aromatic N) is 1. The van der Waals surface area contributed by atoms with Gasteiger partial charge >= 0.3 is 0 Å². The maximum absolute atomic E-state index is 11.8. The Morgan fingerprint density at radius 3 is 1.85 bits per heavy atom. The van der Waals surface area contributed by atoms with Gasteiger partial charge in [-0.05, 0) is 31.5 Å². The maximum atomic E-state index is 11.8. The molecule has 0 spiro atoms. The summed E-state index contributed by atoms with van der Waals surface area (Å²) in [6, 6.07) is 14.0. The van der Waals surface area contributed by atoms with Gasteiger partial charge in [0.2, 0.25) is 0 Å². The lowest BCUT2D eigenvalue weighted by Crippen LogP contribution is -2.26. The standard InChI is InChI=1S/C16H16N2O2/c1-11-3-7-13(8-4-11)15(19)17-18-16(20)14-9-5-12(2)6-10-14/h3-10H,1-2H3,(H,17,19)(H,18,20)/p-1. The van der Waals surface area contributed by atoms with E-state index in [4.69, 9.17) is 0 Å². The van der Waals surface area contributed by atoms with Gasteiger partial charge in [0, 0.05) is 11.5 Å². The van der Waals surface area contributed by atoms with Gasteiger partial charge in [-0.2, -0.15) is 5.10 Å². The molecule has 0 aliphatic rings. The first kappa shape index (κ1) is 13.8. The van der Waals surface area contributed by atoms with E-state index in [0.717, 1.165) is 11.1 Å². The summed E-state index contributed by atoms with van der Waals surface area (Å²) in [4.78, 5) is 11.8. The summed E-state index contributed by atoms with van der Waals surface area (Å²) in [7, 11) is 0. The number of carbonyl (C=O) groups is 1. The molecule has 0 unspecified atom stereocenters. The molecule has 0 bridgehead atoms. The molecule has 0 radical (unpaired) electrons. The Morgan fingerprint density at radius 2 is 1.35 bits per heavy atom. The Morgan fingerprint density at radius 1 is 0.900 bits per heavy atom.